The van der Waals surface area contributed by atoms with Crippen molar-refractivity contribution in [3.8, 4) is 0 Å². The van der Waals surface area contributed by atoms with E-state index >= 15 is 0 Å². The molecule has 3 aromatic heterocycles. The summed E-state index contributed by atoms with van der Waals surface area (Å²) in [6.07, 6.45) is -0.439. The largest absolute Gasteiger partial charge is 0.420 e. The van der Waals surface area contributed by atoms with Gasteiger partial charge in [0, 0.05) is 31.5 Å². The predicted octanol–water partition coefficient (Wildman–Crippen LogP) is 3.39. The molecule has 9 nitrogen and oxygen atoms in total. The number of pyridine rings is 1. The van der Waals surface area contributed by atoms with E-state index in [-0.39, 0.29) is 17.1 Å². The number of rotatable bonds is 5. The number of aliphatic hydroxyl groups excluding tert-OH is 1. The lowest BCUT2D eigenvalue weighted by atomic mass is 10.1. The van der Waals surface area contributed by atoms with E-state index in [1.165, 1.54) is 23.0 Å². The molecule has 0 aromatic carbocycles. The Labute approximate surface area is 209 Å². The quantitative estimate of drug-likeness (QED) is 0.546. The van der Waals surface area contributed by atoms with Crippen molar-refractivity contribution < 1.29 is 23.0 Å². The number of aliphatic hydroxyl groups is 1. The maximum Gasteiger partial charge on any atom is 0.420 e. The van der Waals surface area contributed by atoms with Gasteiger partial charge in [-0.3, -0.25) is 9.78 Å². The zero-order valence-electron chi connectivity index (χ0n) is 19.2. The molecule has 1 fully saturated rings. The summed E-state index contributed by atoms with van der Waals surface area (Å²) in [5.41, 5.74) is 1.49. The predicted molar refractivity (Wildman–Crippen MR) is 124 cm³/mol. The van der Waals surface area contributed by atoms with Gasteiger partial charge in [0.05, 0.1) is 42.7 Å². The second-order valence-corrected chi connectivity index (χ2v) is 9.22. The maximum absolute atomic E-state index is 13.1. The Morgan fingerprint density at radius 1 is 1.28 bits per heavy atom. The molecule has 192 valence electrons. The first-order chi connectivity index (χ1) is 17.2. The highest BCUT2D eigenvalue weighted by Gasteiger charge is 2.41. The molecule has 0 spiro atoms. The van der Waals surface area contributed by atoms with E-state index in [9.17, 15) is 23.1 Å². The first kappa shape index (κ1) is 24.7. The van der Waals surface area contributed by atoms with Crippen molar-refractivity contribution in [2.45, 2.75) is 57.3 Å². The fourth-order valence-corrected chi connectivity index (χ4v) is 4.91. The van der Waals surface area contributed by atoms with Crippen LogP contribution in [0.25, 0.3) is 0 Å². The minimum Gasteiger partial charge on any atom is -0.378 e. The zero-order chi connectivity index (χ0) is 25.4. The lowest BCUT2D eigenvalue weighted by molar-refractivity contribution is -0.208. The molecule has 36 heavy (non-hydrogen) atoms. The minimum atomic E-state index is -4.82. The number of anilines is 1. The third kappa shape index (κ3) is 4.72. The van der Waals surface area contributed by atoms with Gasteiger partial charge in [-0.2, -0.15) is 23.0 Å². The average molecular weight is 525 g/mol. The van der Waals surface area contributed by atoms with Crippen molar-refractivity contribution in [3.05, 3.63) is 68.9 Å². The highest BCUT2D eigenvalue weighted by Crippen LogP contribution is 2.34. The summed E-state index contributed by atoms with van der Waals surface area (Å²) in [7, 11) is 0. The molecule has 2 aliphatic rings. The third-order valence-corrected chi connectivity index (χ3v) is 6.88. The summed E-state index contributed by atoms with van der Waals surface area (Å²) >= 11 is 6.46. The van der Waals surface area contributed by atoms with Crippen molar-refractivity contribution in [2.75, 3.05) is 18.1 Å². The van der Waals surface area contributed by atoms with Crippen LogP contribution in [0.15, 0.2) is 35.6 Å². The summed E-state index contributed by atoms with van der Waals surface area (Å²) < 4.78 is 48.0. The van der Waals surface area contributed by atoms with Crippen LogP contribution in [0.3, 0.4) is 0 Å². The number of alkyl halides is 3. The summed E-state index contributed by atoms with van der Waals surface area (Å²) in [5, 5.41) is 14.1. The first-order valence-corrected chi connectivity index (χ1v) is 12.0. The Morgan fingerprint density at radius 3 is 2.86 bits per heavy atom. The molecular formula is C23H24ClF3N6O3. The van der Waals surface area contributed by atoms with Gasteiger partial charge in [-0.05, 0) is 30.9 Å². The SMILES string of the molecule is O=c1c(Cl)c(N2CCc3c(ncn3Cc3cccnc3C(O)C(F)(F)F)C2)cnn1C1CCCCO1. The molecule has 0 saturated carbocycles. The lowest BCUT2D eigenvalue weighted by Gasteiger charge is -2.30. The number of hydrogen-bond donors (Lipinski definition) is 1. The molecule has 0 bridgehead atoms. The van der Waals surface area contributed by atoms with Crippen LogP contribution in [0, 0.1) is 0 Å². The number of halogens is 4. The number of fused-ring (bicyclic) bond motifs is 1. The van der Waals surface area contributed by atoms with Gasteiger partial charge in [0.2, 0.25) is 0 Å². The third-order valence-electron chi connectivity index (χ3n) is 6.52. The molecule has 13 heteroatoms. The number of nitrogens with zero attached hydrogens (tertiary/aromatic N) is 6. The molecule has 2 atom stereocenters. The summed E-state index contributed by atoms with van der Waals surface area (Å²) in [5.74, 6) is 0. The fraction of sp³-hybridized carbons (Fsp3) is 0.478. The Bertz CT molecular complexity index is 1300. The second kappa shape index (κ2) is 9.83. The van der Waals surface area contributed by atoms with Gasteiger partial charge in [0.25, 0.3) is 5.56 Å². The van der Waals surface area contributed by atoms with Crippen LogP contribution in [-0.4, -0.2) is 48.8 Å². The van der Waals surface area contributed by atoms with Crippen molar-refractivity contribution >= 4 is 17.3 Å². The molecule has 0 radical (unpaired) electrons. The fourth-order valence-electron chi connectivity index (χ4n) is 4.66. The first-order valence-electron chi connectivity index (χ1n) is 11.6. The molecule has 1 saturated heterocycles. The normalized spacial score (nSPS) is 19.2. The Balaban J connectivity index is 1.36. The molecule has 3 aromatic rings. The standard InChI is InChI=1S/C23H24ClF3N6O3/c24-19-17(10-30-33(22(19)35)18-5-1-2-9-36-18)31-8-6-16-15(12-31)29-13-32(16)11-14-4-3-7-28-20(14)21(34)23(25,26)27/h3-4,7,10,13,18,21,34H,1-2,5-6,8-9,11-12H2. The number of ether oxygens (including phenoxy) is 1. The van der Waals surface area contributed by atoms with Crippen molar-refractivity contribution in [2.24, 2.45) is 0 Å². The minimum absolute atomic E-state index is 0.0585. The van der Waals surface area contributed by atoms with E-state index in [1.807, 2.05) is 4.90 Å². The van der Waals surface area contributed by atoms with E-state index in [1.54, 1.807) is 17.1 Å². The maximum atomic E-state index is 13.1. The topological polar surface area (TPSA) is 98.3 Å². The molecule has 5 heterocycles. The molecule has 1 N–H and O–H groups in total. The van der Waals surface area contributed by atoms with Gasteiger partial charge in [-0.25, -0.2) is 4.98 Å². The highest BCUT2D eigenvalue weighted by molar-refractivity contribution is 6.33. The van der Waals surface area contributed by atoms with Gasteiger partial charge in [0.1, 0.15) is 5.02 Å². The molecule has 5 rings (SSSR count). The summed E-state index contributed by atoms with van der Waals surface area (Å²) in [6.45, 7) is 1.52. The van der Waals surface area contributed by atoms with Gasteiger partial charge in [0.15, 0.2) is 12.3 Å². The second-order valence-electron chi connectivity index (χ2n) is 8.84. The lowest BCUT2D eigenvalue weighted by Crippen LogP contribution is -2.36. The van der Waals surface area contributed by atoms with E-state index in [4.69, 9.17) is 16.3 Å². The van der Waals surface area contributed by atoms with Crippen LogP contribution < -0.4 is 10.5 Å². The number of hydrogen-bond acceptors (Lipinski definition) is 7. The monoisotopic (exact) mass is 524 g/mol. The average Bonchev–Trinajstić information content (AvgIpc) is 3.27. The molecular weight excluding hydrogens is 501 g/mol. The van der Waals surface area contributed by atoms with Gasteiger partial charge in [-0.1, -0.05) is 17.7 Å². The van der Waals surface area contributed by atoms with Gasteiger partial charge in [-0.15, -0.1) is 0 Å². The highest BCUT2D eigenvalue weighted by atomic mass is 35.5. The zero-order valence-corrected chi connectivity index (χ0v) is 19.9. The van der Waals surface area contributed by atoms with E-state index in [0.29, 0.717) is 38.2 Å². The van der Waals surface area contributed by atoms with Crippen molar-refractivity contribution in [1.29, 1.82) is 0 Å². The number of aromatic nitrogens is 5. The molecule has 2 aliphatic heterocycles. The van der Waals surface area contributed by atoms with E-state index in [0.717, 1.165) is 24.2 Å². The van der Waals surface area contributed by atoms with Gasteiger partial charge >= 0.3 is 6.18 Å². The van der Waals surface area contributed by atoms with Crippen LogP contribution >= 0.6 is 11.6 Å². The van der Waals surface area contributed by atoms with Crippen LogP contribution in [0.1, 0.15) is 54.2 Å². The Morgan fingerprint density at radius 2 is 2.11 bits per heavy atom. The Hall–Kier alpha value is -2.96. The van der Waals surface area contributed by atoms with E-state index in [2.05, 4.69) is 15.1 Å². The summed E-state index contributed by atoms with van der Waals surface area (Å²) in [6, 6.07) is 3.04. The molecule has 0 amide bonds. The van der Waals surface area contributed by atoms with Crippen LogP contribution in [0.2, 0.25) is 5.02 Å². The van der Waals surface area contributed by atoms with Gasteiger partial charge < -0.3 is 19.3 Å². The van der Waals surface area contributed by atoms with E-state index < -0.39 is 29.8 Å². The molecule has 0 aliphatic carbocycles. The summed E-state index contributed by atoms with van der Waals surface area (Å²) in [4.78, 5) is 23.0. The van der Waals surface area contributed by atoms with Crippen LogP contribution in [-0.2, 0) is 24.2 Å². The van der Waals surface area contributed by atoms with Crippen molar-refractivity contribution in [3.63, 3.8) is 0 Å². The smallest absolute Gasteiger partial charge is 0.378 e. The van der Waals surface area contributed by atoms with Crippen LogP contribution in [0.4, 0.5) is 18.9 Å². The van der Waals surface area contributed by atoms with Crippen molar-refractivity contribution in [1.82, 2.24) is 24.3 Å². The molecule has 2 unspecified atom stereocenters. The number of imidazole rings is 1. The Kier molecular flexibility index (Phi) is 6.75. The van der Waals surface area contributed by atoms with Crippen LogP contribution in [0.5, 0.6) is 0 Å².